The lowest BCUT2D eigenvalue weighted by Gasteiger charge is -2.11. The van der Waals surface area contributed by atoms with E-state index in [4.69, 9.17) is 9.47 Å². The Balaban J connectivity index is 1.74. The molecule has 8 heteroatoms. The quantitative estimate of drug-likeness (QED) is 0.461. The predicted molar refractivity (Wildman–Crippen MR) is 108 cm³/mol. The zero-order valence-electron chi connectivity index (χ0n) is 15.4. The van der Waals surface area contributed by atoms with Gasteiger partial charge in [-0.1, -0.05) is 18.2 Å². The number of thiazole rings is 1. The Morgan fingerprint density at radius 2 is 2.07 bits per heavy atom. The molecule has 1 amide bonds. The van der Waals surface area contributed by atoms with Crippen LogP contribution in [-0.4, -0.2) is 18.0 Å². The molecule has 29 heavy (non-hydrogen) atoms. The van der Waals surface area contributed by atoms with E-state index in [2.05, 4.69) is 10.3 Å². The Bertz CT molecular complexity index is 1060. The van der Waals surface area contributed by atoms with Crippen molar-refractivity contribution in [1.29, 1.82) is 5.26 Å². The number of aromatic nitrogens is 1. The van der Waals surface area contributed by atoms with Gasteiger partial charge in [0.15, 0.2) is 16.6 Å². The first-order chi connectivity index (χ1) is 14.1. The normalized spacial score (nSPS) is 10.9. The number of amides is 1. The van der Waals surface area contributed by atoms with Crippen molar-refractivity contribution in [3.63, 3.8) is 0 Å². The maximum Gasteiger partial charge on any atom is 0.268 e. The van der Waals surface area contributed by atoms with Crippen molar-refractivity contribution in [2.75, 3.05) is 12.4 Å². The van der Waals surface area contributed by atoms with Crippen LogP contribution in [0.5, 0.6) is 11.5 Å². The van der Waals surface area contributed by atoms with Crippen LogP contribution in [0.4, 0.5) is 9.52 Å². The average Bonchev–Trinajstić information content (AvgIpc) is 3.24. The van der Waals surface area contributed by atoms with Crippen LogP contribution in [0.15, 0.2) is 59.6 Å². The number of carbonyl (C=O) groups excluding carboxylic acids is 1. The van der Waals surface area contributed by atoms with E-state index in [0.717, 1.165) is 5.56 Å². The monoisotopic (exact) mass is 409 g/mol. The minimum atomic E-state index is -0.543. The molecule has 0 unspecified atom stereocenters. The fourth-order valence-corrected chi connectivity index (χ4v) is 2.92. The number of nitrogens with one attached hydrogen (secondary N) is 1. The number of hydrogen-bond donors (Lipinski definition) is 1. The zero-order chi connectivity index (χ0) is 20.6. The molecule has 0 aliphatic rings. The highest BCUT2D eigenvalue weighted by atomic mass is 32.1. The SMILES string of the molecule is COc1cc(/C=C(\C#N)C(=O)Nc2nccs2)ccc1OCc1ccc(F)cc1. The molecule has 0 saturated carbocycles. The van der Waals surface area contributed by atoms with Crippen molar-refractivity contribution in [3.05, 3.63) is 76.6 Å². The maximum absolute atomic E-state index is 13.0. The third-order valence-electron chi connectivity index (χ3n) is 3.82. The predicted octanol–water partition coefficient (Wildman–Crippen LogP) is 4.42. The summed E-state index contributed by atoms with van der Waals surface area (Å²) in [6.07, 6.45) is 3.01. The van der Waals surface area contributed by atoms with Gasteiger partial charge < -0.3 is 9.47 Å². The largest absolute Gasteiger partial charge is 0.493 e. The number of halogens is 1. The Morgan fingerprint density at radius 3 is 2.72 bits per heavy atom. The van der Waals surface area contributed by atoms with Crippen molar-refractivity contribution in [3.8, 4) is 17.6 Å². The van der Waals surface area contributed by atoms with Gasteiger partial charge in [0.1, 0.15) is 24.1 Å². The van der Waals surface area contributed by atoms with Gasteiger partial charge in [-0.3, -0.25) is 10.1 Å². The van der Waals surface area contributed by atoms with Crippen LogP contribution in [0.2, 0.25) is 0 Å². The smallest absolute Gasteiger partial charge is 0.268 e. The van der Waals surface area contributed by atoms with E-state index in [1.165, 1.54) is 36.7 Å². The topological polar surface area (TPSA) is 84.2 Å². The minimum Gasteiger partial charge on any atom is -0.493 e. The first-order valence-corrected chi connectivity index (χ1v) is 9.35. The molecule has 146 valence electrons. The second kappa shape index (κ2) is 9.48. The van der Waals surface area contributed by atoms with Crippen LogP contribution in [0.1, 0.15) is 11.1 Å². The lowest BCUT2D eigenvalue weighted by molar-refractivity contribution is -0.112. The Kier molecular flexibility index (Phi) is 6.55. The van der Waals surface area contributed by atoms with Gasteiger partial charge in [-0.2, -0.15) is 5.26 Å². The molecule has 0 saturated heterocycles. The van der Waals surface area contributed by atoms with E-state index < -0.39 is 5.91 Å². The van der Waals surface area contributed by atoms with Gasteiger partial charge in [0.25, 0.3) is 5.91 Å². The molecule has 0 radical (unpaired) electrons. The first-order valence-electron chi connectivity index (χ1n) is 8.47. The molecule has 6 nitrogen and oxygen atoms in total. The van der Waals surface area contributed by atoms with Gasteiger partial charge in [-0.25, -0.2) is 9.37 Å². The van der Waals surface area contributed by atoms with Crippen LogP contribution in [0, 0.1) is 17.1 Å². The van der Waals surface area contributed by atoms with Crippen LogP contribution in [0.25, 0.3) is 6.08 Å². The van der Waals surface area contributed by atoms with E-state index in [1.54, 1.807) is 41.9 Å². The summed E-state index contributed by atoms with van der Waals surface area (Å²) in [6, 6.07) is 12.9. The van der Waals surface area contributed by atoms with Crippen molar-refractivity contribution in [1.82, 2.24) is 4.98 Å². The number of benzene rings is 2. The highest BCUT2D eigenvalue weighted by Crippen LogP contribution is 2.30. The first kappa shape index (κ1) is 20.0. The number of hydrogen-bond acceptors (Lipinski definition) is 6. The highest BCUT2D eigenvalue weighted by Gasteiger charge is 2.12. The van der Waals surface area contributed by atoms with Gasteiger partial charge >= 0.3 is 0 Å². The van der Waals surface area contributed by atoms with E-state index in [1.807, 2.05) is 6.07 Å². The number of methoxy groups -OCH3 is 1. The molecule has 1 heterocycles. The Labute approximate surface area is 170 Å². The van der Waals surface area contributed by atoms with Crippen molar-refractivity contribution >= 4 is 28.5 Å². The summed E-state index contributed by atoms with van der Waals surface area (Å²) >= 11 is 1.26. The molecule has 0 aliphatic carbocycles. The van der Waals surface area contributed by atoms with Gasteiger partial charge in [-0.15, -0.1) is 11.3 Å². The summed E-state index contributed by atoms with van der Waals surface area (Å²) < 4.78 is 24.1. The molecule has 1 aromatic heterocycles. The highest BCUT2D eigenvalue weighted by molar-refractivity contribution is 7.13. The molecule has 2 aromatic carbocycles. The van der Waals surface area contributed by atoms with E-state index in [-0.39, 0.29) is 18.0 Å². The lowest BCUT2D eigenvalue weighted by Crippen LogP contribution is -2.13. The second-order valence-electron chi connectivity index (χ2n) is 5.79. The van der Waals surface area contributed by atoms with E-state index >= 15 is 0 Å². The number of rotatable bonds is 7. The number of ether oxygens (including phenoxy) is 2. The fourth-order valence-electron chi connectivity index (χ4n) is 2.40. The summed E-state index contributed by atoms with van der Waals surface area (Å²) in [4.78, 5) is 16.2. The number of nitriles is 1. The molecular weight excluding hydrogens is 393 g/mol. The van der Waals surface area contributed by atoms with E-state index in [0.29, 0.717) is 22.2 Å². The van der Waals surface area contributed by atoms with Gasteiger partial charge in [0, 0.05) is 11.6 Å². The molecule has 0 spiro atoms. The van der Waals surface area contributed by atoms with Gasteiger partial charge in [0.05, 0.1) is 7.11 Å². The van der Waals surface area contributed by atoms with Gasteiger partial charge in [0.2, 0.25) is 0 Å². The standard InChI is InChI=1S/C21H16FN3O3S/c1-27-19-11-15(10-16(12-23)20(26)25-21-24-8-9-29-21)4-7-18(19)28-13-14-2-5-17(22)6-3-14/h2-11H,13H2,1H3,(H,24,25,26)/b16-10+. The summed E-state index contributed by atoms with van der Waals surface area (Å²) in [5, 5.41) is 14.0. The summed E-state index contributed by atoms with van der Waals surface area (Å²) in [7, 11) is 1.49. The van der Waals surface area contributed by atoms with Gasteiger partial charge in [-0.05, 0) is 41.5 Å². The summed E-state index contributed by atoms with van der Waals surface area (Å²) in [5.74, 6) is 0.0749. The van der Waals surface area contributed by atoms with E-state index in [9.17, 15) is 14.4 Å². The zero-order valence-corrected chi connectivity index (χ0v) is 16.2. The third kappa shape index (κ3) is 5.40. The molecule has 3 rings (SSSR count). The Hall–Kier alpha value is -3.70. The average molecular weight is 409 g/mol. The van der Waals surface area contributed by atoms with Crippen LogP contribution >= 0.6 is 11.3 Å². The fraction of sp³-hybridized carbons (Fsp3) is 0.0952. The minimum absolute atomic E-state index is 0.0674. The van der Waals surface area contributed by atoms with Crippen LogP contribution in [-0.2, 0) is 11.4 Å². The molecular formula is C21H16FN3O3S. The number of nitrogens with zero attached hydrogens (tertiary/aromatic N) is 2. The van der Waals surface area contributed by atoms with Crippen LogP contribution in [0.3, 0.4) is 0 Å². The molecule has 3 aromatic rings. The maximum atomic E-state index is 13.0. The number of anilines is 1. The Morgan fingerprint density at radius 1 is 1.28 bits per heavy atom. The second-order valence-corrected chi connectivity index (χ2v) is 6.68. The summed E-state index contributed by atoms with van der Waals surface area (Å²) in [5.41, 5.74) is 1.34. The summed E-state index contributed by atoms with van der Waals surface area (Å²) in [6.45, 7) is 0.242. The molecule has 1 N–H and O–H groups in total. The number of carbonyl (C=O) groups is 1. The van der Waals surface area contributed by atoms with Crippen molar-refractivity contribution < 1.29 is 18.7 Å². The molecule has 0 bridgehead atoms. The van der Waals surface area contributed by atoms with Crippen LogP contribution < -0.4 is 14.8 Å². The third-order valence-corrected chi connectivity index (χ3v) is 4.51. The van der Waals surface area contributed by atoms with Crippen molar-refractivity contribution in [2.45, 2.75) is 6.61 Å². The molecule has 0 aliphatic heterocycles. The molecule has 0 atom stereocenters. The lowest BCUT2D eigenvalue weighted by atomic mass is 10.1. The molecule has 0 fully saturated rings. The van der Waals surface area contributed by atoms with Crippen molar-refractivity contribution in [2.24, 2.45) is 0 Å².